The van der Waals surface area contributed by atoms with E-state index >= 15 is 0 Å². The molecule has 1 aromatic carbocycles. The van der Waals surface area contributed by atoms with Gasteiger partial charge in [0, 0.05) is 19.2 Å². The van der Waals surface area contributed by atoms with Crippen LogP contribution in [0, 0.1) is 23.3 Å². The molecule has 0 bridgehead atoms. The van der Waals surface area contributed by atoms with Crippen molar-refractivity contribution in [2.24, 2.45) is 7.05 Å². The second kappa shape index (κ2) is 10.3. The summed E-state index contributed by atoms with van der Waals surface area (Å²) in [5, 5.41) is 6.79. The van der Waals surface area contributed by atoms with Crippen LogP contribution in [-0.4, -0.2) is 21.4 Å². The number of thioether (sulfide) groups is 1. The van der Waals surface area contributed by atoms with Crippen LogP contribution in [0.15, 0.2) is 4.90 Å². The number of carbonyl (C=O) groups excluding carboxylic acids is 1. The maximum absolute atomic E-state index is 14.3. The summed E-state index contributed by atoms with van der Waals surface area (Å²) in [5.41, 5.74) is 0.190. The minimum absolute atomic E-state index is 0.193. The van der Waals surface area contributed by atoms with Crippen LogP contribution in [-0.2, 0) is 31.2 Å². The fraction of sp³-hybridized carbons (Fsp3) is 0.474. The molecule has 1 heterocycles. The van der Waals surface area contributed by atoms with Crippen molar-refractivity contribution in [2.75, 3.05) is 5.75 Å². The molecule has 0 aliphatic carbocycles. The van der Waals surface area contributed by atoms with Crippen LogP contribution < -0.4 is 5.32 Å². The Morgan fingerprint density at radius 3 is 2.28 bits per heavy atom. The summed E-state index contributed by atoms with van der Waals surface area (Å²) in [7, 11) is 1.62. The smallest absolute Gasteiger partial charge is 0.226 e. The molecule has 2 aromatic rings. The maximum Gasteiger partial charge on any atom is 0.226 e. The predicted octanol–water partition coefficient (Wildman–Crippen LogP) is 4.94. The predicted molar refractivity (Wildman–Crippen MR) is 105 cm³/mol. The number of carbonyl (C=O) groups is 1. The van der Waals surface area contributed by atoms with Gasteiger partial charge < -0.3 is 5.32 Å². The van der Waals surface area contributed by atoms with Gasteiger partial charge >= 0.3 is 0 Å². The summed E-state index contributed by atoms with van der Waals surface area (Å²) in [5.74, 6) is -6.18. The van der Waals surface area contributed by atoms with Gasteiger partial charge in [-0.2, -0.15) is 5.10 Å². The van der Waals surface area contributed by atoms with Gasteiger partial charge in [-0.3, -0.25) is 9.48 Å². The molecule has 4 nitrogen and oxygen atoms in total. The monoisotopic (exact) mass is 451 g/mol. The largest absolute Gasteiger partial charge is 0.351 e. The number of hydrogen-bond acceptors (Lipinski definition) is 3. The van der Waals surface area contributed by atoms with Gasteiger partial charge in [0.25, 0.3) is 0 Å². The van der Waals surface area contributed by atoms with Gasteiger partial charge in [-0.15, -0.1) is 11.8 Å². The lowest BCUT2D eigenvalue weighted by atomic mass is 10.1. The molecular weight excluding hydrogens is 430 g/mol. The molecule has 10 heteroatoms. The third-order valence-corrected chi connectivity index (χ3v) is 5.93. The average molecular weight is 452 g/mol. The zero-order valence-electron chi connectivity index (χ0n) is 16.3. The van der Waals surface area contributed by atoms with E-state index in [1.807, 2.05) is 13.8 Å². The normalized spacial score (nSPS) is 11.2. The number of hydrogen-bond donors (Lipinski definition) is 1. The molecular formula is C19H22ClF4N3OS. The maximum atomic E-state index is 14.3. The number of benzene rings is 1. The van der Waals surface area contributed by atoms with E-state index in [0.29, 0.717) is 35.0 Å². The number of rotatable bonds is 9. The highest BCUT2D eigenvalue weighted by atomic mass is 35.5. The Hall–Kier alpha value is -1.74. The summed E-state index contributed by atoms with van der Waals surface area (Å²) in [6.07, 6.45) is 1.82. The summed E-state index contributed by atoms with van der Waals surface area (Å²) < 4.78 is 58.4. The zero-order chi connectivity index (χ0) is 21.7. The minimum Gasteiger partial charge on any atom is -0.351 e. The average Bonchev–Trinajstić information content (AvgIpc) is 2.96. The van der Waals surface area contributed by atoms with E-state index in [2.05, 4.69) is 10.4 Å². The van der Waals surface area contributed by atoms with Gasteiger partial charge in [0.05, 0.1) is 27.7 Å². The molecule has 1 N–H and O–H groups in total. The van der Waals surface area contributed by atoms with Crippen LogP contribution in [0.1, 0.15) is 43.6 Å². The Morgan fingerprint density at radius 2 is 1.76 bits per heavy atom. The van der Waals surface area contributed by atoms with Crippen molar-refractivity contribution in [1.82, 2.24) is 15.1 Å². The molecule has 0 fully saturated rings. The first-order chi connectivity index (χ1) is 13.7. The van der Waals surface area contributed by atoms with Crippen molar-refractivity contribution in [3.63, 3.8) is 0 Å². The second-order valence-electron chi connectivity index (χ2n) is 6.40. The quantitative estimate of drug-likeness (QED) is 0.254. The highest BCUT2D eigenvalue weighted by Gasteiger charge is 2.26. The van der Waals surface area contributed by atoms with Crippen molar-refractivity contribution < 1.29 is 22.4 Å². The highest BCUT2D eigenvalue weighted by molar-refractivity contribution is 7.99. The van der Waals surface area contributed by atoms with Gasteiger partial charge in [-0.05, 0) is 18.6 Å². The summed E-state index contributed by atoms with van der Waals surface area (Å²) in [4.78, 5) is 11.5. The number of unbranched alkanes of at least 4 members (excludes halogenated alkanes) is 1. The van der Waals surface area contributed by atoms with Crippen molar-refractivity contribution in [3.05, 3.63) is 45.2 Å². The molecule has 29 heavy (non-hydrogen) atoms. The third kappa shape index (κ3) is 5.25. The van der Waals surface area contributed by atoms with E-state index in [9.17, 15) is 22.4 Å². The Morgan fingerprint density at radius 1 is 1.14 bits per heavy atom. The van der Waals surface area contributed by atoms with Gasteiger partial charge in [-0.25, -0.2) is 17.6 Å². The molecule has 0 unspecified atom stereocenters. The Kier molecular flexibility index (Phi) is 8.39. The number of aryl methyl sites for hydroxylation is 2. The lowest BCUT2D eigenvalue weighted by Gasteiger charge is -2.12. The highest BCUT2D eigenvalue weighted by Crippen LogP contribution is 2.32. The topological polar surface area (TPSA) is 46.9 Å². The molecule has 1 aromatic heterocycles. The number of nitrogens with zero attached hydrogens (tertiary/aromatic N) is 2. The van der Waals surface area contributed by atoms with E-state index in [-0.39, 0.29) is 6.42 Å². The van der Waals surface area contributed by atoms with Crippen molar-refractivity contribution in [1.29, 1.82) is 0 Å². The molecule has 0 saturated heterocycles. The van der Waals surface area contributed by atoms with E-state index in [4.69, 9.17) is 11.6 Å². The summed E-state index contributed by atoms with van der Waals surface area (Å²) in [6.45, 7) is 3.05. The number of halogens is 5. The third-order valence-electron chi connectivity index (χ3n) is 4.35. The van der Waals surface area contributed by atoms with E-state index in [1.54, 1.807) is 7.05 Å². The molecule has 0 atom stereocenters. The van der Waals surface area contributed by atoms with Crippen molar-refractivity contribution in [3.8, 4) is 0 Å². The first kappa shape index (κ1) is 23.5. The van der Waals surface area contributed by atoms with E-state index in [0.717, 1.165) is 18.2 Å². The first-order valence-electron chi connectivity index (χ1n) is 9.17. The van der Waals surface area contributed by atoms with Crippen LogP contribution in [0.3, 0.4) is 0 Å². The van der Waals surface area contributed by atoms with Gasteiger partial charge in [0.15, 0.2) is 23.3 Å². The molecule has 0 saturated carbocycles. The molecule has 1 amide bonds. The van der Waals surface area contributed by atoms with Crippen molar-refractivity contribution >= 4 is 29.3 Å². The van der Waals surface area contributed by atoms with Crippen LogP contribution in [0.4, 0.5) is 17.6 Å². The molecule has 0 radical (unpaired) electrons. The molecule has 0 aliphatic heterocycles. The number of nitrogens with one attached hydrogen (secondary N) is 1. The van der Waals surface area contributed by atoms with Crippen LogP contribution in [0.2, 0.25) is 5.02 Å². The lowest BCUT2D eigenvalue weighted by molar-refractivity contribution is -0.120. The van der Waals surface area contributed by atoms with Crippen molar-refractivity contribution in [2.45, 2.75) is 51.0 Å². The van der Waals surface area contributed by atoms with Crippen LogP contribution >= 0.6 is 23.4 Å². The van der Waals surface area contributed by atoms with Gasteiger partial charge in [0.1, 0.15) is 0 Å². The number of amides is 1. The van der Waals surface area contributed by atoms with Crippen LogP contribution in [0.25, 0.3) is 0 Å². The van der Waals surface area contributed by atoms with Gasteiger partial charge in [-0.1, -0.05) is 31.9 Å². The number of aromatic nitrogens is 2. The Balaban J connectivity index is 2.14. The molecule has 0 spiro atoms. The molecule has 2 rings (SSSR count). The summed E-state index contributed by atoms with van der Waals surface area (Å²) >= 11 is 6.90. The van der Waals surface area contributed by atoms with E-state index in [1.165, 1.54) is 4.68 Å². The lowest BCUT2D eigenvalue weighted by Crippen LogP contribution is -2.27. The SMILES string of the molecule is CCCCSc1c(F)c(F)c(CNC(=O)Cc2c(Cl)c(CC)nn2C)c(F)c1F. The standard InChI is InChI=1S/C19H22ClF4N3OS/c1-4-6-7-29-19-17(23)15(21)10(16(22)18(19)24)9-25-13(28)8-12-14(20)11(5-2)26-27(12)3/h4-9H2,1-3H3,(H,25,28). The molecule has 160 valence electrons. The van der Waals surface area contributed by atoms with Gasteiger partial charge in [0.2, 0.25) is 5.91 Å². The Labute approximate surface area is 176 Å². The second-order valence-corrected chi connectivity index (χ2v) is 7.89. The van der Waals surface area contributed by atoms with E-state index < -0.39 is 46.2 Å². The molecule has 0 aliphatic rings. The first-order valence-corrected chi connectivity index (χ1v) is 10.5. The fourth-order valence-corrected chi connectivity index (χ4v) is 4.10. The Bertz CT molecular complexity index is 875. The van der Waals surface area contributed by atoms with Crippen LogP contribution in [0.5, 0.6) is 0 Å². The fourth-order valence-electron chi connectivity index (χ4n) is 2.67. The minimum atomic E-state index is -1.50. The zero-order valence-corrected chi connectivity index (χ0v) is 17.9. The summed E-state index contributed by atoms with van der Waals surface area (Å²) in [6, 6.07) is 0.